The zero-order valence-electron chi connectivity index (χ0n) is 12.6. The molecule has 0 amide bonds. The normalized spacial score (nSPS) is 19.6. The molecule has 4 N–H and O–H groups in total. The number of anilines is 2. The average Bonchev–Trinajstić information content (AvgIpc) is 2.91. The third-order valence-electron chi connectivity index (χ3n) is 4.59. The Morgan fingerprint density at radius 3 is 3.09 bits per heavy atom. The minimum absolute atomic E-state index is 0.0816. The molecule has 120 valence electrons. The Balaban J connectivity index is 1.74. The first-order valence-electron chi connectivity index (χ1n) is 7.79. The van der Waals surface area contributed by atoms with Crippen LogP contribution in [0.2, 0.25) is 5.02 Å². The van der Waals surface area contributed by atoms with Crippen LogP contribution in [0.3, 0.4) is 0 Å². The van der Waals surface area contributed by atoms with Crippen molar-refractivity contribution in [2.24, 2.45) is 0 Å². The Bertz CT molecular complexity index is 785. The van der Waals surface area contributed by atoms with Crippen LogP contribution in [0.4, 0.5) is 11.5 Å². The van der Waals surface area contributed by atoms with E-state index in [1.807, 2.05) is 18.2 Å². The van der Waals surface area contributed by atoms with Crippen molar-refractivity contribution in [1.82, 2.24) is 15.1 Å². The summed E-state index contributed by atoms with van der Waals surface area (Å²) in [6.45, 7) is 2.28. The lowest BCUT2D eigenvalue weighted by Gasteiger charge is -2.26. The lowest BCUT2D eigenvalue weighted by atomic mass is 9.90. The number of nitrogens with zero attached hydrogens (tertiary/aromatic N) is 2. The van der Waals surface area contributed by atoms with E-state index in [4.69, 9.17) is 17.3 Å². The number of rotatable bonds is 1. The van der Waals surface area contributed by atoms with Crippen LogP contribution in [0.15, 0.2) is 18.2 Å². The molecular formula is C16H18ClN5O. The first-order valence-corrected chi connectivity index (χ1v) is 8.17. The summed E-state index contributed by atoms with van der Waals surface area (Å²) in [5, 5.41) is 11.7. The van der Waals surface area contributed by atoms with E-state index in [9.17, 15) is 4.79 Å². The number of hydrogen-bond acceptors (Lipinski definition) is 5. The molecule has 1 aromatic carbocycles. The van der Waals surface area contributed by atoms with Crippen LogP contribution in [-0.4, -0.2) is 28.8 Å². The third kappa shape index (κ3) is 2.38. The number of nitrogens with one attached hydrogen (secondary N) is 2. The standard InChI is InChI=1S/C16H18ClN5O/c17-9-1-2-13-11(7-9)10(3-6-20-13)16(23)22-15(18)12-8-19-5-4-14(12)21-22/h1-2,7,10,19-20H,3-6,8,18H2. The molecule has 23 heavy (non-hydrogen) atoms. The van der Waals surface area contributed by atoms with Crippen molar-refractivity contribution in [1.29, 1.82) is 0 Å². The number of nitrogen functional groups attached to an aromatic ring is 1. The van der Waals surface area contributed by atoms with E-state index in [0.717, 1.165) is 42.0 Å². The summed E-state index contributed by atoms with van der Waals surface area (Å²) < 4.78 is 1.39. The third-order valence-corrected chi connectivity index (χ3v) is 4.83. The van der Waals surface area contributed by atoms with Crippen molar-refractivity contribution in [2.45, 2.75) is 25.3 Å². The maximum atomic E-state index is 13.0. The predicted molar refractivity (Wildman–Crippen MR) is 90.0 cm³/mol. The number of nitrogens with two attached hydrogens (primary N) is 1. The van der Waals surface area contributed by atoms with Crippen molar-refractivity contribution in [3.8, 4) is 0 Å². The predicted octanol–water partition coefficient (Wildman–Crippen LogP) is 2.00. The lowest BCUT2D eigenvalue weighted by molar-refractivity contribution is 0.0859. The first kappa shape index (κ1) is 14.5. The van der Waals surface area contributed by atoms with Crippen molar-refractivity contribution >= 4 is 29.0 Å². The smallest absolute Gasteiger partial charge is 0.256 e. The zero-order chi connectivity index (χ0) is 16.0. The monoisotopic (exact) mass is 331 g/mol. The first-order chi connectivity index (χ1) is 11.1. The molecule has 7 heteroatoms. The molecule has 0 radical (unpaired) electrons. The average molecular weight is 332 g/mol. The van der Waals surface area contributed by atoms with E-state index in [1.165, 1.54) is 4.68 Å². The van der Waals surface area contributed by atoms with Crippen LogP contribution in [-0.2, 0) is 13.0 Å². The van der Waals surface area contributed by atoms with Gasteiger partial charge in [0.2, 0.25) is 0 Å². The minimum atomic E-state index is -0.276. The van der Waals surface area contributed by atoms with Gasteiger partial charge < -0.3 is 16.4 Å². The van der Waals surface area contributed by atoms with Gasteiger partial charge in [-0.15, -0.1) is 0 Å². The maximum absolute atomic E-state index is 13.0. The van der Waals surface area contributed by atoms with E-state index in [-0.39, 0.29) is 11.8 Å². The Morgan fingerprint density at radius 1 is 1.39 bits per heavy atom. The molecule has 2 aliphatic rings. The van der Waals surface area contributed by atoms with Gasteiger partial charge in [0.1, 0.15) is 5.82 Å². The molecule has 2 aromatic rings. The van der Waals surface area contributed by atoms with Crippen LogP contribution in [0.1, 0.15) is 34.0 Å². The fraction of sp³-hybridized carbons (Fsp3) is 0.375. The highest BCUT2D eigenvalue weighted by atomic mass is 35.5. The fourth-order valence-electron chi connectivity index (χ4n) is 3.39. The van der Waals surface area contributed by atoms with Crippen molar-refractivity contribution in [2.75, 3.05) is 24.1 Å². The van der Waals surface area contributed by atoms with Gasteiger partial charge in [0, 0.05) is 42.3 Å². The second-order valence-corrected chi connectivity index (χ2v) is 6.42. The number of aromatic nitrogens is 2. The molecule has 0 aliphatic carbocycles. The van der Waals surface area contributed by atoms with Gasteiger partial charge in [0.05, 0.1) is 11.6 Å². The molecule has 1 atom stereocenters. The Morgan fingerprint density at radius 2 is 2.26 bits per heavy atom. The Labute approximate surface area is 139 Å². The van der Waals surface area contributed by atoms with Crippen LogP contribution < -0.4 is 16.4 Å². The van der Waals surface area contributed by atoms with Gasteiger partial charge in [-0.05, 0) is 30.2 Å². The number of carbonyl (C=O) groups is 1. The van der Waals surface area contributed by atoms with Crippen LogP contribution >= 0.6 is 11.6 Å². The summed E-state index contributed by atoms with van der Waals surface area (Å²) in [5.41, 5.74) is 9.93. The zero-order valence-corrected chi connectivity index (χ0v) is 13.4. The highest BCUT2D eigenvalue weighted by Crippen LogP contribution is 2.35. The van der Waals surface area contributed by atoms with Crippen molar-refractivity contribution in [3.05, 3.63) is 40.0 Å². The van der Waals surface area contributed by atoms with Gasteiger partial charge in [-0.25, -0.2) is 0 Å². The largest absolute Gasteiger partial charge is 0.385 e. The summed E-state index contributed by atoms with van der Waals surface area (Å²) in [6.07, 6.45) is 1.50. The molecule has 1 aromatic heterocycles. The molecule has 0 saturated carbocycles. The van der Waals surface area contributed by atoms with Crippen molar-refractivity contribution < 1.29 is 4.79 Å². The van der Waals surface area contributed by atoms with Gasteiger partial charge in [-0.2, -0.15) is 9.78 Å². The van der Waals surface area contributed by atoms with Gasteiger partial charge >= 0.3 is 0 Å². The van der Waals surface area contributed by atoms with Gasteiger partial charge in [-0.1, -0.05) is 11.6 Å². The second kappa shape index (κ2) is 5.54. The number of carbonyl (C=O) groups excluding carboxylic acids is 1. The molecule has 3 heterocycles. The number of hydrogen-bond donors (Lipinski definition) is 3. The summed E-state index contributed by atoms with van der Waals surface area (Å²) in [7, 11) is 0. The number of halogens is 1. The molecule has 2 aliphatic heterocycles. The summed E-state index contributed by atoms with van der Waals surface area (Å²) in [6, 6.07) is 5.60. The van der Waals surface area contributed by atoms with E-state index in [2.05, 4.69) is 15.7 Å². The highest BCUT2D eigenvalue weighted by Gasteiger charge is 2.31. The molecular weight excluding hydrogens is 314 g/mol. The SMILES string of the molecule is Nc1c2c(nn1C(=O)C1CCNc3ccc(Cl)cc31)CCNC2. The maximum Gasteiger partial charge on any atom is 0.256 e. The van der Waals surface area contributed by atoms with Crippen LogP contribution in [0.5, 0.6) is 0 Å². The molecule has 0 spiro atoms. The van der Waals surface area contributed by atoms with Crippen LogP contribution in [0.25, 0.3) is 0 Å². The quantitative estimate of drug-likeness (QED) is 0.744. The van der Waals surface area contributed by atoms with Crippen molar-refractivity contribution in [3.63, 3.8) is 0 Å². The Hall–Kier alpha value is -2.05. The minimum Gasteiger partial charge on any atom is -0.385 e. The molecule has 1 unspecified atom stereocenters. The van der Waals surface area contributed by atoms with E-state index >= 15 is 0 Å². The second-order valence-electron chi connectivity index (χ2n) is 5.99. The van der Waals surface area contributed by atoms with Gasteiger partial charge in [0.25, 0.3) is 5.91 Å². The molecule has 0 saturated heterocycles. The molecule has 6 nitrogen and oxygen atoms in total. The molecule has 4 rings (SSSR count). The van der Waals surface area contributed by atoms with Gasteiger partial charge in [-0.3, -0.25) is 4.79 Å². The molecule has 0 bridgehead atoms. The van der Waals surface area contributed by atoms with E-state index in [1.54, 1.807) is 0 Å². The summed E-state index contributed by atoms with van der Waals surface area (Å²) in [4.78, 5) is 13.0. The number of fused-ring (bicyclic) bond motifs is 2. The fourth-order valence-corrected chi connectivity index (χ4v) is 3.57. The van der Waals surface area contributed by atoms with Crippen LogP contribution in [0, 0.1) is 0 Å². The summed E-state index contributed by atoms with van der Waals surface area (Å²) in [5.74, 6) is 0.0998. The highest BCUT2D eigenvalue weighted by molar-refractivity contribution is 6.30. The Kier molecular flexibility index (Phi) is 3.50. The van der Waals surface area contributed by atoms with E-state index < -0.39 is 0 Å². The van der Waals surface area contributed by atoms with E-state index in [0.29, 0.717) is 23.8 Å². The number of benzene rings is 1. The van der Waals surface area contributed by atoms with Gasteiger partial charge in [0.15, 0.2) is 0 Å². The topological polar surface area (TPSA) is 85.0 Å². The lowest BCUT2D eigenvalue weighted by Crippen LogP contribution is -2.28. The summed E-state index contributed by atoms with van der Waals surface area (Å²) >= 11 is 6.11. The molecule has 0 fully saturated rings.